The average molecular weight is 308 g/mol. The van der Waals surface area contributed by atoms with Crippen molar-refractivity contribution in [3.05, 3.63) is 20.2 Å². The van der Waals surface area contributed by atoms with E-state index < -0.39 is 10.2 Å². The highest BCUT2D eigenvalue weighted by molar-refractivity contribution is 4.54. The van der Waals surface area contributed by atoms with Crippen LogP contribution in [0.5, 0.6) is 0 Å². The Bertz CT molecular complexity index is 172. The Balaban J connectivity index is -0.000000106. The molecule has 8 N–H and O–H groups in total. The summed E-state index contributed by atoms with van der Waals surface area (Å²) in [6.07, 6.45) is 0. The lowest BCUT2D eigenvalue weighted by Gasteiger charge is -2.17. The second-order valence-corrected chi connectivity index (χ2v) is 2.49. The first-order valence-electron chi connectivity index (χ1n) is 4.79. The molecular formula is C6H20N4O10. The fourth-order valence-corrected chi connectivity index (χ4v) is 0.760. The fraction of sp³-hybridized carbons (Fsp3) is 1.00. The Hall–Kier alpha value is -1.84. The molecule has 0 saturated heterocycles. The third-order valence-corrected chi connectivity index (χ3v) is 1.25. The van der Waals surface area contributed by atoms with E-state index in [1.807, 2.05) is 0 Å². The topological polar surface area (TPSA) is 237 Å². The molecule has 14 nitrogen and oxygen atoms in total. The minimum Gasteiger partial charge on any atom is -0.395 e. The number of aliphatic hydroxyl groups excluding tert-OH is 3. The van der Waals surface area contributed by atoms with Crippen molar-refractivity contribution >= 4 is 0 Å². The van der Waals surface area contributed by atoms with E-state index in [0.29, 0.717) is 19.6 Å². The van der Waals surface area contributed by atoms with Gasteiger partial charge in [0.15, 0.2) is 0 Å². The summed E-state index contributed by atoms with van der Waals surface area (Å²) in [4.78, 5) is 18.5. The van der Waals surface area contributed by atoms with Crippen LogP contribution in [0.3, 0.4) is 0 Å². The van der Waals surface area contributed by atoms with Gasteiger partial charge in [0, 0.05) is 19.6 Å². The Labute approximate surface area is 113 Å². The summed E-state index contributed by atoms with van der Waals surface area (Å²) >= 11 is 0. The number of aliphatic hydroxyl groups is 3. The first-order valence-corrected chi connectivity index (χ1v) is 4.79. The number of hydrogen-bond donors (Lipinski definition) is 7. The highest BCUT2D eigenvalue weighted by Crippen LogP contribution is 1.84. The zero-order valence-corrected chi connectivity index (χ0v) is 10.5. The Kier molecular flexibility index (Phi) is 34.5. The molecule has 0 atom stereocenters. The fourth-order valence-electron chi connectivity index (χ4n) is 0.760. The van der Waals surface area contributed by atoms with E-state index in [2.05, 4.69) is 5.90 Å². The monoisotopic (exact) mass is 308 g/mol. The van der Waals surface area contributed by atoms with Crippen molar-refractivity contribution in [3.8, 4) is 0 Å². The second-order valence-electron chi connectivity index (χ2n) is 2.49. The Morgan fingerprint density at radius 3 is 1.05 bits per heavy atom. The van der Waals surface area contributed by atoms with Crippen LogP contribution in [0.15, 0.2) is 0 Å². The lowest BCUT2D eigenvalue weighted by molar-refractivity contribution is -0.742. The molecule has 0 aromatic carbocycles. The zero-order valence-electron chi connectivity index (χ0n) is 10.5. The molecule has 0 amide bonds. The first-order chi connectivity index (χ1) is 9.31. The van der Waals surface area contributed by atoms with E-state index in [0.717, 1.165) is 0 Å². The summed E-state index contributed by atoms with van der Waals surface area (Å²) < 4.78 is 0. The molecule has 0 aliphatic carbocycles. The molecule has 0 aliphatic rings. The molecule has 124 valence electrons. The van der Waals surface area contributed by atoms with Gasteiger partial charge in [-0.2, -0.15) is 0 Å². The third kappa shape index (κ3) is 72.4. The lowest BCUT2D eigenvalue weighted by atomic mass is 10.4. The van der Waals surface area contributed by atoms with Crippen molar-refractivity contribution in [3.63, 3.8) is 0 Å². The van der Waals surface area contributed by atoms with Crippen LogP contribution >= 0.6 is 0 Å². The van der Waals surface area contributed by atoms with Gasteiger partial charge in [-0.3, -0.25) is 4.90 Å². The molecule has 0 aromatic rings. The minimum absolute atomic E-state index is 0.0694. The molecular weight excluding hydrogens is 288 g/mol. The van der Waals surface area contributed by atoms with E-state index in [-0.39, 0.29) is 19.8 Å². The molecule has 0 bridgehead atoms. The largest absolute Gasteiger partial charge is 0.395 e. The predicted molar refractivity (Wildman–Crippen MR) is 61.2 cm³/mol. The second kappa shape index (κ2) is 25.9. The van der Waals surface area contributed by atoms with Crippen LogP contribution in [-0.4, -0.2) is 85.5 Å². The summed E-state index contributed by atoms with van der Waals surface area (Å²) in [7, 11) is 0. The molecule has 20 heavy (non-hydrogen) atoms. The van der Waals surface area contributed by atoms with Crippen molar-refractivity contribution < 1.29 is 41.1 Å². The van der Waals surface area contributed by atoms with Gasteiger partial charge in [0.05, 0.1) is 19.8 Å². The summed E-state index contributed by atoms with van der Waals surface area (Å²) in [6, 6.07) is 0. The smallest absolute Gasteiger partial charge is 0.291 e. The van der Waals surface area contributed by atoms with Crippen LogP contribution < -0.4 is 5.90 Å². The molecule has 0 radical (unpaired) electrons. The van der Waals surface area contributed by atoms with Crippen molar-refractivity contribution in [2.45, 2.75) is 0 Å². The summed E-state index contributed by atoms with van der Waals surface area (Å²) in [6.45, 7) is 1.75. The van der Waals surface area contributed by atoms with Gasteiger partial charge in [-0.05, 0) is 0 Å². The van der Waals surface area contributed by atoms with E-state index in [4.69, 9.17) is 51.2 Å². The maximum atomic E-state index is 8.48. The van der Waals surface area contributed by atoms with Crippen LogP contribution in [0, 0.1) is 20.2 Å². The number of rotatable bonds is 6. The van der Waals surface area contributed by atoms with Crippen LogP contribution in [0.4, 0.5) is 0 Å². The summed E-state index contributed by atoms with van der Waals surface area (Å²) in [5.41, 5.74) is 0. The molecule has 0 heterocycles. The normalized spacial score (nSPS) is 8.10. The highest BCUT2D eigenvalue weighted by Gasteiger charge is 2.00. The van der Waals surface area contributed by atoms with Crippen molar-refractivity contribution in [2.24, 2.45) is 5.90 Å². The average Bonchev–Trinajstić information content (AvgIpc) is 2.31. The molecule has 0 aliphatic heterocycles. The molecule has 0 aromatic heterocycles. The molecule has 0 spiro atoms. The molecule has 0 fully saturated rings. The van der Waals surface area contributed by atoms with Gasteiger partial charge in [0.1, 0.15) is 0 Å². The van der Waals surface area contributed by atoms with Gasteiger partial charge in [-0.25, -0.2) is 5.90 Å². The Morgan fingerprint density at radius 1 is 0.800 bits per heavy atom. The van der Waals surface area contributed by atoms with Crippen LogP contribution in [-0.2, 0) is 0 Å². The van der Waals surface area contributed by atoms with E-state index in [9.17, 15) is 0 Å². The van der Waals surface area contributed by atoms with Crippen LogP contribution in [0.1, 0.15) is 0 Å². The van der Waals surface area contributed by atoms with Gasteiger partial charge in [0.25, 0.3) is 10.2 Å². The van der Waals surface area contributed by atoms with Gasteiger partial charge < -0.3 is 30.9 Å². The predicted octanol–water partition coefficient (Wildman–Crippen LogP) is -3.10. The first kappa shape index (κ1) is 26.7. The van der Waals surface area contributed by atoms with Gasteiger partial charge in [0.2, 0.25) is 0 Å². The molecule has 0 rings (SSSR count). The van der Waals surface area contributed by atoms with Gasteiger partial charge in [-0.1, -0.05) is 0 Å². The minimum atomic E-state index is -1.50. The zero-order chi connectivity index (χ0) is 17.0. The van der Waals surface area contributed by atoms with E-state index in [1.165, 1.54) is 0 Å². The van der Waals surface area contributed by atoms with E-state index >= 15 is 0 Å². The SMILES string of the molecule is NO.O=[N+]([O-])O.O=[N+]([O-])O.OCCN(CCO)CCO. The highest BCUT2D eigenvalue weighted by atomic mass is 16.9. The van der Waals surface area contributed by atoms with Crippen molar-refractivity contribution in [1.82, 2.24) is 4.90 Å². The summed E-state index contributed by atoms with van der Waals surface area (Å²) in [5.74, 6) is 3.50. The standard InChI is InChI=1S/C6H15NO3.2HNO3.H3NO/c8-4-1-7(2-5-9)3-6-10;2*2-1(3)4;1-2/h8-10H,1-6H2;2*(H,2,3,4);2H,1H2. The maximum Gasteiger partial charge on any atom is 0.291 e. The lowest BCUT2D eigenvalue weighted by Crippen LogP contribution is -2.32. The Morgan fingerprint density at radius 2 is 0.950 bits per heavy atom. The van der Waals surface area contributed by atoms with Gasteiger partial charge in [-0.15, -0.1) is 20.2 Å². The number of hydrogen-bond acceptors (Lipinski definition) is 10. The molecule has 0 saturated carbocycles. The van der Waals surface area contributed by atoms with Gasteiger partial charge >= 0.3 is 0 Å². The quantitative estimate of drug-likeness (QED) is 0.191. The van der Waals surface area contributed by atoms with Crippen molar-refractivity contribution in [2.75, 3.05) is 39.5 Å². The van der Waals surface area contributed by atoms with Crippen LogP contribution in [0.2, 0.25) is 0 Å². The molecule has 0 unspecified atom stereocenters. The summed E-state index contributed by atoms with van der Waals surface area (Å²) in [5, 5.41) is 59.2. The molecule has 14 heteroatoms. The number of nitrogens with two attached hydrogens (primary N) is 1. The number of nitrogens with zero attached hydrogens (tertiary/aromatic N) is 3. The van der Waals surface area contributed by atoms with Crippen molar-refractivity contribution in [1.29, 1.82) is 0 Å². The third-order valence-electron chi connectivity index (χ3n) is 1.25. The maximum absolute atomic E-state index is 8.48. The van der Waals surface area contributed by atoms with Crippen LogP contribution in [0.25, 0.3) is 0 Å². The van der Waals surface area contributed by atoms with E-state index in [1.54, 1.807) is 4.90 Å².